The van der Waals surface area contributed by atoms with Crippen molar-refractivity contribution in [1.82, 2.24) is 9.55 Å². The minimum Gasteiger partial charge on any atom is -0.495 e. The molecule has 0 amide bonds. The average Bonchev–Trinajstić information content (AvgIpc) is 2.54. The Bertz CT molecular complexity index is 580. The molecule has 2 rings (SSSR count). The largest absolute Gasteiger partial charge is 0.495 e. The zero-order valence-electron chi connectivity index (χ0n) is 11.5. The van der Waals surface area contributed by atoms with Gasteiger partial charge in [-0.05, 0) is 6.07 Å². The third kappa shape index (κ3) is 1.25. The first-order valence-electron chi connectivity index (χ1n) is 6.13. The maximum atomic E-state index is 7.32. The van der Waals surface area contributed by atoms with Crippen molar-refractivity contribution in [2.45, 2.75) is 0 Å². The van der Waals surface area contributed by atoms with Gasteiger partial charge in [-0.3, -0.25) is 0 Å². The number of nitrogens with zero attached hydrogens (tertiary/aromatic N) is 2. The lowest BCUT2D eigenvalue weighted by molar-refractivity contribution is 0.413. The summed E-state index contributed by atoms with van der Waals surface area (Å²) in [5.41, 5.74) is 0.341. The zero-order valence-corrected chi connectivity index (χ0v) is 7.25. The first-order chi connectivity index (χ1) is 8.28. The van der Waals surface area contributed by atoms with Crippen molar-refractivity contribution in [3.63, 3.8) is 0 Å². The van der Waals surface area contributed by atoms with E-state index in [-0.39, 0.29) is 10.8 Å². The van der Waals surface area contributed by atoms with Crippen molar-refractivity contribution in [2.24, 2.45) is 7.00 Å². The van der Waals surface area contributed by atoms with Gasteiger partial charge in [0.05, 0.1) is 22.4 Å². The number of fused-ring (bicyclic) bond motifs is 1. The highest BCUT2D eigenvalue weighted by molar-refractivity contribution is 6.35. The Balaban J connectivity index is 2.49. The third-order valence-corrected chi connectivity index (χ3v) is 2.01. The summed E-state index contributed by atoms with van der Waals surface area (Å²) in [5.74, 6) is 0.0636. The van der Waals surface area contributed by atoms with Crippen molar-refractivity contribution >= 4 is 22.6 Å². The fraction of sp³-hybridized carbons (Fsp3) is 0.222. The van der Waals surface area contributed by atoms with Crippen molar-refractivity contribution < 1.29 is 11.6 Å². The summed E-state index contributed by atoms with van der Waals surface area (Å²) < 4.78 is 41.6. The number of rotatable bonds is 1. The molecule has 2 heterocycles. The van der Waals surface area contributed by atoms with Crippen LogP contribution in [0.5, 0.6) is 5.75 Å². The summed E-state index contributed by atoms with van der Waals surface area (Å²) >= 11 is 5.94. The van der Waals surface area contributed by atoms with Crippen LogP contribution in [0, 0.1) is 0 Å². The predicted molar refractivity (Wildman–Crippen MR) is 52.3 cm³/mol. The van der Waals surface area contributed by atoms with Crippen molar-refractivity contribution in [3.05, 3.63) is 23.5 Å². The fourth-order valence-electron chi connectivity index (χ4n) is 1.13. The monoisotopic (exact) mass is 201 g/mol. The van der Waals surface area contributed by atoms with E-state index in [1.165, 1.54) is 23.0 Å². The van der Waals surface area contributed by atoms with Gasteiger partial charge in [0.15, 0.2) is 0 Å². The summed E-state index contributed by atoms with van der Waals surface area (Å²) in [6.45, 7) is -1.28. The van der Waals surface area contributed by atoms with Crippen molar-refractivity contribution in [2.75, 3.05) is 7.04 Å². The molecule has 4 heteroatoms. The second-order valence-corrected chi connectivity index (χ2v) is 2.94. The van der Waals surface area contributed by atoms with E-state index in [2.05, 4.69) is 4.98 Å². The fourth-order valence-corrected chi connectivity index (χ4v) is 1.37. The van der Waals surface area contributed by atoms with E-state index in [0.29, 0.717) is 11.0 Å². The van der Waals surface area contributed by atoms with E-state index in [4.69, 9.17) is 23.2 Å². The highest BCUT2D eigenvalue weighted by atomic mass is 35.5. The molecule has 0 atom stereocenters. The first kappa shape index (κ1) is 4.33. The molecule has 0 aliphatic heterocycles. The second-order valence-electron chi connectivity index (χ2n) is 2.53. The van der Waals surface area contributed by atoms with Crippen LogP contribution in [-0.2, 0) is 7.00 Å². The van der Waals surface area contributed by atoms with E-state index in [1.807, 2.05) is 0 Å². The number of aryl methyl sites for hydroxylation is 1. The SMILES string of the molecule is [2H]C([2H])n1cc(Cl)c2cc(OC([2H])([2H])[2H])cnc21. The molecule has 3 nitrogen and oxygen atoms in total. The number of ether oxygens (including phenoxy) is 1. The van der Waals surface area contributed by atoms with E-state index in [0.717, 1.165) is 0 Å². The molecule has 13 heavy (non-hydrogen) atoms. The molecule has 0 radical (unpaired) electrons. The Hall–Kier alpha value is -1.22. The van der Waals surface area contributed by atoms with Crippen LogP contribution >= 0.6 is 11.6 Å². The summed E-state index contributed by atoms with van der Waals surface area (Å²) in [4.78, 5) is 3.97. The minimum atomic E-state index is -2.56. The van der Waals surface area contributed by atoms with Crippen LogP contribution in [0.15, 0.2) is 18.5 Å². The molecule has 0 N–H and O–H groups in total. The molecule has 0 aliphatic rings. The third-order valence-electron chi connectivity index (χ3n) is 1.71. The summed E-state index contributed by atoms with van der Waals surface area (Å²) in [5, 5.41) is 0.737. The molecule has 2 aromatic rings. The number of methoxy groups -OCH3 is 1. The lowest BCUT2D eigenvalue weighted by Crippen LogP contribution is -1.88. The topological polar surface area (TPSA) is 27.1 Å². The van der Waals surface area contributed by atoms with Crippen LogP contribution in [0.3, 0.4) is 0 Å². The summed E-state index contributed by atoms with van der Waals surface area (Å²) in [6, 6.07) is 1.43. The lowest BCUT2D eigenvalue weighted by atomic mass is 10.3. The average molecular weight is 202 g/mol. The van der Waals surface area contributed by atoms with Crippen LogP contribution < -0.4 is 4.74 Å². The molecule has 0 fully saturated rings. The minimum absolute atomic E-state index is 0.0636. The Morgan fingerprint density at radius 2 is 2.62 bits per heavy atom. The van der Waals surface area contributed by atoms with Crippen LogP contribution in [-0.4, -0.2) is 16.6 Å². The van der Waals surface area contributed by atoms with Crippen LogP contribution in [0.2, 0.25) is 5.02 Å². The van der Waals surface area contributed by atoms with E-state index in [9.17, 15) is 0 Å². The quantitative estimate of drug-likeness (QED) is 0.708. The first-order valence-corrected chi connectivity index (χ1v) is 3.85. The van der Waals surface area contributed by atoms with Gasteiger partial charge in [-0.2, -0.15) is 0 Å². The molecule has 0 bridgehead atoms. The van der Waals surface area contributed by atoms with Crippen molar-refractivity contribution in [3.8, 4) is 5.75 Å². The van der Waals surface area contributed by atoms with Crippen molar-refractivity contribution in [1.29, 1.82) is 0 Å². The van der Waals surface area contributed by atoms with Crippen LogP contribution in [0.4, 0.5) is 0 Å². The Kier molecular flexibility index (Phi) is 0.974. The second kappa shape index (κ2) is 2.92. The van der Waals surface area contributed by atoms with Gasteiger partial charge in [-0.25, -0.2) is 4.98 Å². The van der Waals surface area contributed by atoms with Gasteiger partial charge in [-0.15, -0.1) is 0 Å². The Morgan fingerprint density at radius 3 is 3.38 bits per heavy atom. The molecule has 68 valence electrons. The van der Waals surface area contributed by atoms with E-state index in [1.54, 1.807) is 0 Å². The summed E-state index contributed by atoms with van der Waals surface area (Å²) in [6.07, 6.45) is 2.63. The normalized spacial score (nSPS) is 17.5. The van der Waals surface area contributed by atoms with E-state index < -0.39 is 14.0 Å². The number of hydrogen-bond donors (Lipinski definition) is 0. The molecule has 0 spiro atoms. The summed E-state index contributed by atoms with van der Waals surface area (Å²) in [7, 11) is -2.56. The number of pyridine rings is 1. The lowest BCUT2D eigenvalue weighted by Gasteiger charge is -1.99. The molecule has 0 unspecified atom stereocenters. The number of halogens is 1. The Labute approximate surface area is 87.9 Å². The highest BCUT2D eigenvalue weighted by Gasteiger charge is 2.06. The van der Waals surface area contributed by atoms with Gasteiger partial charge < -0.3 is 9.30 Å². The van der Waals surface area contributed by atoms with Crippen LogP contribution in [0.1, 0.15) is 6.85 Å². The highest BCUT2D eigenvalue weighted by Crippen LogP contribution is 2.26. The number of aromatic nitrogens is 2. The molecule has 2 aromatic heterocycles. The standard InChI is InChI=1S/C9H9ClN2O/c1-12-5-8(10)7-3-6(13-2)4-11-9(7)12/h3-5H,1-2H3/i1D2,2D3. The maximum Gasteiger partial charge on any atom is 0.141 e. The molecule has 0 aromatic carbocycles. The molecule has 0 aliphatic carbocycles. The smallest absolute Gasteiger partial charge is 0.141 e. The van der Waals surface area contributed by atoms with Gasteiger partial charge in [0, 0.05) is 21.3 Å². The molecular weight excluding hydrogens is 188 g/mol. The van der Waals surface area contributed by atoms with Gasteiger partial charge in [0.2, 0.25) is 0 Å². The number of hydrogen-bond acceptors (Lipinski definition) is 2. The Morgan fingerprint density at radius 1 is 1.69 bits per heavy atom. The van der Waals surface area contributed by atoms with E-state index >= 15 is 0 Å². The molecule has 0 saturated carbocycles. The molecular formula is C9H9ClN2O. The van der Waals surface area contributed by atoms with Gasteiger partial charge >= 0.3 is 0 Å². The zero-order chi connectivity index (χ0) is 13.5. The van der Waals surface area contributed by atoms with Gasteiger partial charge in [0.1, 0.15) is 11.4 Å². The van der Waals surface area contributed by atoms with Gasteiger partial charge in [-0.1, -0.05) is 11.6 Å². The predicted octanol–water partition coefficient (Wildman–Crippen LogP) is 2.24. The maximum absolute atomic E-state index is 7.32. The van der Waals surface area contributed by atoms with Crippen LogP contribution in [0.25, 0.3) is 11.0 Å². The molecule has 0 saturated heterocycles. The van der Waals surface area contributed by atoms with Gasteiger partial charge in [0.25, 0.3) is 0 Å².